The predicted molar refractivity (Wildman–Crippen MR) is 70.1 cm³/mol. The van der Waals surface area contributed by atoms with Gasteiger partial charge in [0, 0.05) is 23.8 Å². The van der Waals surface area contributed by atoms with Gasteiger partial charge in [-0.1, -0.05) is 0 Å². The number of aromatic nitrogens is 1. The number of hydrogen-bond donors (Lipinski definition) is 1. The number of thiophene rings is 1. The Balaban J connectivity index is 2.00. The molecule has 84 valence electrons. The normalized spacial score (nSPS) is 10.1. The van der Waals surface area contributed by atoms with Gasteiger partial charge < -0.3 is 10.1 Å². The second-order valence-corrected chi connectivity index (χ2v) is 5.10. The highest BCUT2D eigenvalue weighted by molar-refractivity contribution is 9.10. The number of ether oxygens (including phenoxy) is 1. The van der Waals surface area contributed by atoms with E-state index in [1.54, 1.807) is 30.8 Å². The first kappa shape index (κ1) is 11.4. The Morgan fingerprint density at radius 2 is 2.44 bits per heavy atom. The fourth-order valence-corrected chi connectivity index (χ4v) is 2.91. The third kappa shape index (κ3) is 2.74. The molecule has 0 aliphatic heterocycles. The average molecular weight is 299 g/mol. The smallest absolute Gasteiger partial charge is 0.188 e. The molecule has 0 aliphatic rings. The molecule has 0 amide bonds. The first-order chi connectivity index (χ1) is 7.79. The number of rotatable bonds is 4. The van der Waals surface area contributed by atoms with Crippen molar-refractivity contribution in [2.24, 2.45) is 0 Å². The molecule has 0 spiro atoms. The summed E-state index contributed by atoms with van der Waals surface area (Å²) in [5.74, 6) is 0. The predicted octanol–water partition coefficient (Wildman–Crippen LogP) is 3.53. The lowest BCUT2D eigenvalue weighted by Gasteiger charge is -2.02. The van der Waals surface area contributed by atoms with Crippen molar-refractivity contribution in [2.45, 2.75) is 6.54 Å². The number of nitrogens with zero attached hydrogens (tertiary/aromatic N) is 1. The molecule has 0 saturated carbocycles. The largest absolute Gasteiger partial charge is 0.486 e. The molecule has 0 fully saturated rings. The van der Waals surface area contributed by atoms with Gasteiger partial charge >= 0.3 is 0 Å². The van der Waals surface area contributed by atoms with E-state index in [0.717, 1.165) is 21.8 Å². The van der Waals surface area contributed by atoms with E-state index in [1.165, 1.54) is 4.88 Å². The molecule has 2 rings (SSSR count). The van der Waals surface area contributed by atoms with Crippen molar-refractivity contribution in [2.75, 3.05) is 12.4 Å². The first-order valence-corrected chi connectivity index (χ1v) is 6.36. The molecule has 0 unspecified atom stereocenters. The molecular formula is C11H11BrN2OS. The van der Waals surface area contributed by atoms with Crippen LogP contribution >= 0.6 is 27.3 Å². The van der Waals surface area contributed by atoms with E-state index in [9.17, 15) is 0 Å². The molecule has 0 aliphatic carbocycles. The lowest BCUT2D eigenvalue weighted by atomic mass is 10.4. The van der Waals surface area contributed by atoms with Crippen LogP contribution in [0.4, 0.5) is 5.69 Å². The van der Waals surface area contributed by atoms with Gasteiger partial charge in [-0.15, -0.1) is 11.3 Å². The van der Waals surface area contributed by atoms with E-state index in [4.69, 9.17) is 4.74 Å². The van der Waals surface area contributed by atoms with Crippen molar-refractivity contribution >= 4 is 33.0 Å². The summed E-state index contributed by atoms with van der Waals surface area (Å²) in [5, 5.41) is 4.20. The standard InChI is InChI=1S/C11H11BrN2OS/c1-15-11-10(12)5-9(16-11)7-14-8-3-2-4-13-6-8/h2-6,14H,7H2,1H3. The fourth-order valence-electron chi connectivity index (χ4n) is 1.28. The second-order valence-electron chi connectivity index (χ2n) is 3.15. The Morgan fingerprint density at radius 3 is 3.06 bits per heavy atom. The topological polar surface area (TPSA) is 34.1 Å². The minimum Gasteiger partial charge on any atom is -0.486 e. The Bertz CT molecular complexity index is 458. The van der Waals surface area contributed by atoms with Crippen molar-refractivity contribution in [3.63, 3.8) is 0 Å². The van der Waals surface area contributed by atoms with E-state index in [0.29, 0.717) is 0 Å². The van der Waals surface area contributed by atoms with Gasteiger partial charge in [-0.05, 0) is 34.1 Å². The van der Waals surface area contributed by atoms with Gasteiger partial charge in [0.25, 0.3) is 0 Å². The van der Waals surface area contributed by atoms with E-state index < -0.39 is 0 Å². The van der Waals surface area contributed by atoms with Gasteiger partial charge in [0.05, 0.1) is 17.3 Å². The van der Waals surface area contributed by atoms with Gasteiger partial charge in [-0.2, -0.15) is 0 Å². The Labute approximate surface area is 107 Å². The number of anilines is 1. The van der Waals surface area contributed by atoms with Crippen molar-refractivity contribution in [1.29, 1.82) is 0 Å². The number of methoxy groups -OCH3 is 1. The van der Waals surface area contributed by atoms with Crippen LogP contribution in [-0.2, 0) is 6.54 Å². The number of hydrogen-bond acceptors (Lipinski definition) is 4. The highest BCUT2D eigenvalue weighted by Crippen LogP contribution is 2.34. The monoisotopic (exact) mass is 298 g/mol. The van der Waals surface area contributed by atoms with Gasteiger partial charge in [-0.25, -0.2) is 0 Å². The average Bonchev–Trinajstić information content (AvgIpc) is 2.69. The van der Waals surface area contributed by atoms with E-state index in [-0.39, 0.29) is 0 Å². The zero-order valence-corrected chi connectivity index (χ0v) is 11.1. The molecule has 1 N–H and O–H groups in total. The van der Waals surface area contributed by atoms with Crippen molar-refractivity contribution < 1.29 is 4.74 Å². The molecule has 5 heteroatoms. The molecule has 2 heterocycles. The minimum absolute atomic E-state index is 0.776. The zero-order valence-electron chi connectivity index (χ0n) is 8.74. The highest BCUT2D eigenvalue weighted by Gasteiger charge is 2.06. The fraction of sp³-hybridized carbons (Fsp3) is 0.182. The van der Waals surface area contributed by atoms with Crippen LogP contribution in [0.1, 0.15) is 4.88 Å². The zero-order chi connectivity index (χ0) is 11.4. The summed E-state index contributed by atoms with van der Waals surface area (Å²) in [6.45, 7) is 0.776. The van der Waals surface area contributed by atoms with Crippen LogP contribution in [0.5, 0.6) is 5.06 Å². The molecule has 0 atom stereocenters. The summed E-state index contributed by atoms with van der Waals surface area (Å²) in [4.78, 5) is 5.26. The van der Waals surface area contributed by atoms with Gasteiger partial charge in [0.15, 0.2) is 5.06 Å². The lowest BCUT2D eigenvalue weighted by Crippen LogP contribution is -1.96. The van der Waals surface area contributed by atoms with Gasteiger partial charge in [0.2, 0.25) is 0 Å². The van der Waals surface area contributed by atoms with Crippen LogP contribution in [0.15, 0.2) is 35.1 Å². The lowest BCUT2D eigenvalue weighted by molar-refractivity contribution is 0.425. The van der Waals surface area contributed by atoms with E-state index in [2.05, 4.69) is 32.3 Å². The molecular weight excluding hydrogens is 288 g/mol. The van der Waals surface area contributed by atoms with Crippen molar-refractivity contribution in [1.82, 2.24) is 4.98 Å². The molecule has 16 heavy (non-hydrogen) atoms. The minimum atomic E-state index is 0.776. The maximum atomic E-state index is 5.21. The summed E-state index contributed by atoms with van der Waals surface area (Å²) in [6, 6.07) is 5.97. The van der Waals surface area contributed by atoms with Crippen LogP contribution in [0.3, 0.4) is 0 Å². The Kier molecular flexibility index (Phi) is 3.79. The van der Waals surface area contributed by atoms with Crippen molar-refractivity contribution in [3.05, 3.63) is 39.9 Å². The summed E-state index contributed by atoms with van der Waals surface area (Å²) in [7, 11) is 1.68. The van der Waals surface area contributed by atoms with Crippen molar-refractivity contribution in [3.8, 4) is 5.06 Å². The quantitative estimate of drug-likeness (QED) is 0.938. The summed E-state index contributed by atoms with van der Waals surface area (Å²) in [6.07, 6.45) is 3.57. The molecule has 2 aromatic heterocycles. The molecule has 0 radical (unpaired) electrons. The number of halogens is 1. The molecule has 2 aromatic rings. The van der Waals surface area contributed by atoms with Gasteiger partial charge in [-0.3, -0.25) is 4.98 Å². The van der Waals surface area contributed by atoms with E-state index >= 15 is 0 Å². The van der Waals surface area contributed by atoms with Crippen LogP contribution < -0.4 is 10.1 Å². The first-order valence-electron chi connectivity index (χ1n) is 4.75. The number of nitrogens with one attached hydrogen (secondary N) is 1. The third-order valence-electron chi connectivity index (χ3n) is 2.02. The van der Waals surface area contributed by atoms with Crippen LogP contribution in [-0.4, -0.2) is 12.1 Å². The summed E-state index contributed by atoms with van der Waals surface area (Å²) < 4.78 is 6.21. The Hall–Kier alpha value is -1.07. The summed E-state index contributed by atoms with van der Waals surface area (Å²) >= 11 is 5.08. The van der Waals surface area contributed by atoms with Crippen LogP contribution in [0, 0.1) is 0 Å². The Morgan fingerprint density at radius 1 is 1.56 bits per heavy atom. The molecule has 0 bridgehead atoms. The third-order valence-corrected chi connectivity index (χ3v) is 3.97. The SMILES string of the molecule is COc1sc(CNc2cccnc2)cc1Br. The van der Waals surface area contributed by atoms with Crippen LogP contribution in [0.2, 0.25) is 0 Å². The van der Waals surface area contributed by atoms with E-state index in [1.807, 2.05) is 12.1 Å². The molecule has 0 saturated heterocycles. The van der Waals surface area contributed by atoms with Gasteiger partial charge in [0.1, 0.15) is 0 Å². The number of pyridine rings is 1. The summed E-state index contributed by atoms with van der Waals surface area (Å²) in [5.41, 5.74) is 1.02. The second kappa shape index (κ2) is 5.32. The maximum absolute atomic E-state index is 5.21. The highest BCUT2D eigenvalue weighted by atomic mass is 79.9. The maximum Gasteiger partial charge on any atom is 0.188 e. The van der Waals surface area contributed by atoms with Crippen LogP contribution in [0.25, 0.3) is 0 Å². The molecule has 0 aromatic carbocycles. The molecule has 3 nitrogen and oxygen atoms in total.